The molecule has 1 atom stereocenters. The van der Waals surface area contributed by atoms with Crippen LogP contribution in [0.15, 0.2) is 18.5 Å². The summed E-state index contributed by atoms with van der Waals surface area (Å²) in [6.45, 7) is 0.723. The maximum absolute atomic E-state index is 11.0. The number of carboxylic acid groups (broad SMARTS) is 1. The van der Waals surface area contributed by atoms with Crippen molar-refractivity contribution in [3.05, 3.63) is 18.5 Å². The molecule has 15 heavy (non-hydrogen) atoms. The fourth-order valence-electron chi connectivity index (χ4n) is 1.87. The van der Waals surface area contributed by atoms with Crippen LogP contribution in [0.25, 0.3) is 0 Å². The van der Waals surface area contributed by atoms with E-state index in [0.717, 1.165) is 19.4 Å². The monoisotopic (exact) mass is 207 g/mol. The Balaban J connectivity index is 2.22. The van der Waals surface area contributed by atoms with Crippen molar-refractivity contribution in [3.8, 4) is 0 Å². The van der Waals surface area contributed by atoms with Crippen LogP contribution in [0.5, 0.6) is 0 Å². The Bertz CT molecular complexity index is 342. The third kappa shape index (κ3) is 2.06. The molecular formula is C10H13N3O2. The average Bonchev–Trinajstić information content (AvgIpc) is 2.30. The number of carboxylic acids is 1. The molecule has 5 nitrogen and oxygen atoms in total. The molecule has 1 aliphatic heterocycles. The number of aliphatic carboxylic acids is 1. The van der Waals surface area contributed by atoms with Crippen LogP contribution in [-0.2, 0) is 4.79 Å². The van der Waals surface area contributed by atoms with Crippen LogP contribution in [-0.4, -0.2) is 33.6 Å². The Morgan fingerprint density at radius 1 is 1.40 bits per heavy atom. The van der Waals surface area contributed by atoms with Gasteiger partial charge in [-0.3, -0.25) is 0 Å². The van der Waals surface area contributed by atoms with Crippen molar-refractivity contribution in [1.29, 1.82) is 0 Å². The minimum absolute atomic E-state index is 0.471. The van der Waals surface area contributed by atoms with E-state index >= 15 is 0 Å². The summed E-state index contributed by atoms with van der Waals surface area (Å²) in [7, 11) is 0. The molecule has 80 valence electrons. The Kier molecular flexibility index (Phi) is 2.80. The van der Waals surface area contributed by atoms with Crippen molar-refractivity contribution < 1.29 is 9.90 Å². The summed E-state index contributed by atoms with van der Waals surface area (Å²) in [5.41, 5.74) is 0. The quantitative estimate of drug-likeness (QED) is 0.781. The zero-order chi connectivity index (χ0) is 10.7. The molecule has 1 aromatic heterocycles. The van der Waals surface area contributed by atoms with Gasteiger partial charge in [-0.25, -0.2) is 14.8 Å². The maximum atomic E-state index is 11.0. The summed E-state index contributed by atoms with van der Waals surface area (Å²) < 4.78 is 0. The van der Waals surface area contributed by atoms with E-state index in [-0.39, 0.29) is 0 Å². The number of rotatable bonds is 2. The van der Waals surface area contributed by atoms with E-state index in [1.54, 1.807) is 23.4 Å². The summed E-state index contributed by atoms with van der Waals surface area (Å²) >= 11 is 0. The molecule has 1 fully saturated rings. The molecule has 2 rings (SSSR count). The summed E-state index contributed by atoms with van der Waals surface area (Å²) in [4.78, 5) is 21.0. The van der Waals surface area contributed by atoms with Crippen LogP contribution in [0, 0.1) is 0 Å². The lowest BCUT2D eigenvalue weighted by atomic mass is 10.0. The molecule has 0 bridgehead atoms. The predicted molar refractivity (Wildman–Crippen MR) is 54.7 cm³/mol. The summed E-state index contributed by atoms with van der Waals surface area (Å²) in [5, 5.41) is 9.07. The number of anilines is 1. The summed E-state index contributed by atoms with van der Waals surface area (Å²) in [5.74, 6) is -0.272. The van der Waals surface area contributed by atoms with Crippen LogP contribution < -0.4 is 4.90 Å². The van der Waals surface area contributed by atoms with Gasteiger partial charge in [0.1, 0.15) is 6.04 Å². The SMILES string of the molecule is O=C(O)[C@@H]1CCCCN1c1ncccn1. The molecule has 0 unspecified atom stereocenters. The van der Waals surface area contributed by atoms with Gasteiger partial charge < -0.3 is 10.0 Å². The summed E-state index contributed by atoms with van der Waals surface area (Å²) in [6.07, 6.45) is 5.90. The highest BCUT2D eigenvalue weighted by atomic mass is 16.4. The van der Waals surface area contributed by atoms with Gasteiger partial charge in [0.25, 0.3) is 0 Å². The Labute approximate surface area is 87.8 Å². The molecule has 0 radical (unpaired) electrons. The highest BCUT2D eigenvalue weighted by Gasteiger charge is 2.29. The van der Waals surface area contributed by atoms with Crippen molar-refractivity contribution in [2.75, 3.05) is 11.4 Å². The molecule has 0 aromatic carbocycles. The third-order valence-electron chi connectivity index (χ3n) is 2.60. The molecule has 1 aliphatic rings. The number of piperidine rings is 1. The Morgan fingerprint density at radius 2 is 2.13 bits per heavy atom. The van der Waals surface area contributed by atoms with E-state index in [2.05, 4.69) is 9.97 Å². The molecule has 0 saturated carbocycles. The Hall–Kier alpha value is -1.65. The van der Waals surface area contributed by atoms with E-state index in [0.29, 0.717) is 12.4 Å². The molecule has 1 aromatic rings. The molecule has 0 amide bonds. The largest absolute Gasteiger partial charge is 0.480 e. The van der Waals surface area contributed by atoms with Crippen LogP contribution >= 0.6 is 0 Å². The zero-order valence-corrected chi connectivity index (χ0v) is 8.33. The van der Waals surface area contributed by atoms with Crippen molar-refractivity contribution in [2.45, 2.75) is 25.3 Å². The highest BCUT2D eigenvalue weighted by Crippen LogP contribution is 2.21. The maximum Gasteiger partial charge on any atom is 0.326 e. The van der Waals surface area contributed by atoms with E-state index < -0.39 is 12.0 Å². The number of nitrogens with zero attached hydrogens (tertiary/aromatic N) is 3. The minimum Gasteiger partial charge on any atom is -0.480 e. The lowest BCUT2D eigenvalue weighted by Crippen LogP contribution is -2.45. The van der Waals surface area contributed by atoms with E-state index in [4.69, 9.17) is 5.11 Å². The first-order valence-electron chi connectivity index (χ1n) is 5.05. The van der Waals surface area contributed by atoms with E-state index in [1.165, 1.54) is 0 Å². The molecular weight excluding hydrogens is 194 g/mol. The fraction of sp³-hybridized carbons (Fsp3) is 0.500. The molecule has 1 saturated heterocycles. The molecule has 0 spiro atoms. The topological polar surface area (TPSA) is 66.3 Å². The average molecular weight is 207 g/mol. The van der Waals surface area contributed by atoms with Gasteiger partial charge in [0.15, 0.2) is 0 Å². The lowest BCUT2D eigenvalue weighted by Gasteiger charge is -2.32. The van der Waals surface area contributed by atoms with Crippen molar-refractivity contribution in [1.82, 2.24) is 9.97 Å². The van der Waals surface area contributed by atoms with Gasteiger partial charge in [0, 0.05) is 18.9 Å². The smallest absolute Gasteiger partial charge is 0.326 e. The van der Waals surface area contributed by atoms with Gasteiger partial charge in [0.05, 0.1) is 0 Å². The predicted octanol–water partition coefficient (Wildman–Crippen LogP) is 0.920. The second-order valence-corrected chi connectivity index (χ2v) is 3.59. The molecule has 5 heteroatoms. The second kappa shape index (κ2) is 4.25. The van der Waals surface area contributed by atoms with Gasteiger partial charge in [-0.05, 0) is 25.3 Å². The van der Waals surface area contributed by atoms with Crippen molar-refractivity contribution in [3.63, 3.8) is 0 Å². The first-order chi connectivity index (χ1) is 7.29. The summed E-state index contributed by atoms with van der Waals surface area (Å²) in [6, 6.07) is 1.25. The number of carbonyl (C=O) groups is 1. The van der Waals surface area contributed by atoms with Crippen molar-refractivity contribution in [2.24, 2.45) is 0 Å². The van der Waals surface area contributed by atoms with Gasteiger partial charge in [-0.15, -0.1) is 0 Å². The van der Waals surface area contributed by atoms with Gasteiger partial charge >= 0.3 is 5.97 Å². The number of hydrogen-bond acceptors (Lipinski definition) is 4. The van der Waals surface area contributed by atoms with Crippen LogP contribution in [0.1, 0.15) is 19.3 Å². The first-order valence-corrected chi connectivity index (χ1v) is 5.05. The van der Waals surface area contributed by atoms with E-state index in [1.807, 2.05) is 0 Å². The third-order valence-corrected chi connectivity index (χ3v) is 2.60. The zero-order valence-electron chi connectivity index (χ0n) is 8.33. The Morgan fingerprint density at radius 3 is 2.80 bits per heavy atom. The van der Waals surface area contributed by atoms with Crippen LogP contribution in [0.2, 0.25) is 0 Å². The van der Waals surface area contributed by atoms with Crippen LogP contribution in [0.3, 0.4) is 0 Å². The lowest BCUT2D eigenvalue weighted by molar-refractivity contribution is -0.139. The molecule has 0 aliphatic carbocycles. The van der Waals surface area contributed by atoms with Gasteiger partial charge in [-0.1, -0.05) is 0 Å². The first kappa shape index (κ1) is 9.89. The highest BCUT2D eigenvalue weighted by molar-refractivity contribution is 5.77. The fourth-order valence-corrected chi connectivity index (χ4v) is 1.87. The second-order valence-electron chi connectivity index (χ2n) is 3.59. The molecule has 1 N–H and O–H groups in total. The number of hydrogen-bond donors (Lipinski definition) is 1. The minimum atomic E-state index is -0.790. The van der Waals surface area contributed by atoms with E-state index in [9.17, 15) is 4.79 Å². The standard InChI is InChI=1S/C10H13N3O2/c14-9(15)8-4-1-2-7-13(8)10-11-5-3-6-12-10/h3,5-6,8H,1-2,4,7H2,(H,14,15)/t8-/m0/s1. The van der Waals surface area contributed by atoms with Crippen LogP contribution in [0.4, 0.5) is 5.95 Å². The van der Waals surface area contributed by atoms with Gasteiger partial charge in [0.2, 0.25) is 5.95 Å². The number of aromatic nitrogens is 2. The van der Waals surface area contributed by atoms with Crippen molar-refractivity contribution >= 4 is 11.9 Å². The van der Waals surface area contributed by atoms with Gasteiger partial charge in [-0.2, -0.15) is 0 Å². The normalized spacial score (nSPS) is 21.3. The molecule has 2 heterocycles.